The first kappa shape index (κ1) is 13.0. The molecule has 0 aliphatic heterocycles. The summed E-state index contributed by atoms with van der Waals surface area (Å²) in [4.78, 5) is 22.3. The second-order valence-electron chi connectivity index (χ2n) is 3.49. The summed E-state index contributed by atoms with van der Waals surface area (Å²) >= 11 is 0. The van der Waals surface area contributed by atoms with Crippen LogP contribution in [-0.4, -0.2) is 30.0 Å². The number of carboxylic acid groups (broad SMARTS) is 1. The Morgan fingerprint density at radius 1 is 1.47 bits per heavy atom. The molecule has 92 valence electrons. The van der Waals surface area contributed by atoms with Crippen molar-refractivity contribution in [2.45, 2.75) is 12.5 Å². The summed E-state index contributed by atoms with van der Waals surface area (Å²) in [6, 6.07) is 3.50. The van der Waals surface area contributed by atoms with E-state index >= 15 is 0 Å². The summed E-state index contributed by atoms with van der Waals surface area (Å²) in [6.07, 6.45) is -0.299. The van der Waals surface area contributed by atoms with Crippen molar-refractivity contribution in [1.29, 1.82) is 0 Å². The van der Waals surface area contributed by atoms with Crippen LogP contribution in [0.15, 0.2) is 18.2 Å². The molecule has 0 aliphatic carbocycles. The molecule has 0 bridgehead atoms. The third-order valence-electron chi connectivity index (χ3n) is 2.31. The molecule has 0 spiro atoms. The molecular weight excluding hydrogens is 224 g/mol. The Morgan fingerprint density at radius 2 is 2.12 bits per heavy atom. The number of para-hydroxylation sites is 1. The summed E-state index contributed by atoms with van der Waals surface area (Å²) in [6.45, 7) is 0. The van der Waals surface area contributed by atoms with Crippen molar-refractivity contribution < 1.29 is 19.4 Å². The maximum atomic E-state index is 11.8. The van der Waals surface area contributed by atoms with Crippen molar-refractivity contribution in [3.63, 3.8) is 0 Å². The number of benzene rings is 1. The van der Waals surface area contributed by atoms with Crippen molar-refractivity contribution in [2.75, 3.05) is 12.8 Å². The van der Waals surface area contributed by atoms with E-state index in [1.165, 1.54) is 13.2 Å². The molecule has 17 heavy (non-hydrogen) atoms. The van der Waals surface area contributed by atoms with Crippen LogP contribution < -0.4 is 16.2 Å². The lowest BCUT2D eigenvalue weighted by Crippen LogP contribution is -2.32. The van der Waals surface area contributed by atoms with Crippen LogP contribution in [0.1, 0.15) is 16.8 Å². The van der Waals surface area contributed by atoms with Crippen LogP contribution >= 0.6 is 0 Å². The number of Topliss-reactive ketones (excluding diaryl/α,β-unsaturated/α-hetero) is 1. The largest absolute Gasteiger partial charge is 0.495 e. The molecule has 0 amide bonds. The van der Waals surface area contributed by atoms with Gasteiger partial charge >= 0.3 is 5.97 Å². The Kier molecular flexibility index (Phi) is 4.06. The summed E-state index contributed by atoms with van der Waals surface area (Å²) in [5.41, 5.74) is 11.4. The van der Waals surface area contributed by atoms with Gasteiger partial charge in [-0.15, -0.1) is 0 Å². The van der Waals surface area contributed by atoms with Gasteiger partial charge in [0.05, 0.1) is 12.8 Å². The molecule has 0 radical (unpaired) electrons. The quantitative estimate of drug-likeness (QED) is 0.500. The maximum Gasteiger partial charge on any atom is 0.320 e. The lowest BCUT2D eigenvalue weighted by atomic mass is 10.0. The second kappa shape index (κ2) is 5.31. The number of carbonyl (C=O) groups excluding carboxylic acids is 1. The van der Waals surface area contributed by atoms with Crippen molar-refractivity contribution in [2.24, 2.45) is 5.73 Å². The first-order chi connectivity index (χ1) is 7.97. The number of methoxy groups -OCH3 is 1. The molecule has 6 heteroatoms. The van der Waals surface area contributed by atoms with E-state index in [1.54, 1.807) is 12.1 Å². The van der Waals surface area contributed by atoms with Gasteiger partial charge in [-0.3, -0.25) is 9.59 Å². The van der Waals surface area contributed by atoms with Crippen molar-refractivity contribution in [3.05, 3.63) is 23.8 Å². The number of hydrogen-bond acceptors (Lipinski definition) is 5. The van der Waals surface area contributed by atoms with E-state index in [1.807, 2.05) is 0 Å². The van der Waals surface area contributed by atoms with Gasteiger partial charge in [-0.2, -0.15) is 0 Å². The lowest BCUT2D eigenvalue weighted by Gasteiger charge is -2.10. The Morgan fingerprint density at radius 3 is 2.65 bits per heavy atom. The Hall–Kier alpha value is -2.08. The molecule has 0 saturated carbocycles. The Balaban J connectivity index is 2.93. The number of carbonyl (C=O) groups is 2. The van der Waals surface area contributed by atoms with E-state index in [9.17, 15) is 9.59 Å². The van der Waals surface area contributed by atoms with E-state index in [0.29, 0.717) is 5.75 Å². The maximum absolute atomic E-state index is 11.8. The van der Waals surface area contributed by atoms with Gasteiger partial charge in [0.15, 0.2) is 5.78 Å². The van der Waals surface area contributed by atoms with Gasteiger partial charge in [-0.05, 0) is 12.1 Å². The number of aliphatic carboxylic acids is 1. The minimum absolute atomic E-state index is 0.192. The number of nitrogens with two attached hydrogens (primary N) is 2. The Bertz CT molecular complexity index is 445. The molecular formula is C11H14N2O4. The van der Waals surface area contributed by atoms with Gasteiger partial charge in [-0.25, -0.2) is 0 Å². The number of hydrogen-bond donors (Lipinski definition) is 3. The van der Waals surface area contributed by atoms with E-state index in [4.69, 9.17) is 21.3 Å². The molecule has 1 atom stereocenters. The average molecular weight is 238 g/mol. The molecule has 1 rings (SSSR count). The molecule has 0 heterocycles. The number of carboxylic acids is 1. The molecule has 6 nitrogen and oxygen atoms in total. The smallest absolute Gasteiger partial charge is 0.320 e. The average Bonchev–Trinajstić information content (AvgIpc) is 2.28. The van der Waals surface area contributed by atoms with Crippen LogP contribution in [0.5, 0.6) is 5.75 Å². The van der Waals surface area contributed by atoms with Crippen LogP contribution in [0, 0.1) is 0 Å². The third kappa shape index (κ3) is 2.94. The molecule has 0 aliphatic rings. The third-order valence-corrected chi connectivity index (χ3v) is 2.31. The van der Waals surface area contributed by atoms with Crippen LogP contribution in [0.2, 0.25) is 0 Å². The first-order valence-corrected chi connectivity index (χ1v) is 4.91. The fourth-order valence-electron chi connectivity index (χ4n) is 1.36. The van der Waals surface area contributed by atoms with Crippen LogP contribution in [0.3, 0.4) is 0 Å². The fourth-order valence-corrected chi connectivity index (χ4v) is 1.36. The highest BCUT2D eigenvalue weighted by molar-refractivity contribution is 6.03. The summed E-state index contributed by atoms with van der Waals surface area (Å²) in [7, 11) is 1.43. The van der Waals surface area contributed by atoms with Gasteiger partial charge in [0.25, 0.3) is 0 Å². The normalized spacial score (nSPS) is 11.9. The molecule has 1 aromatic carbocycles. The molecule has 1 aromatic rings. The SMILES string of the molecule is COc1cccc(C(=O)CC(N)C(=O)O)c1N. The molecule has 0 aromatic heterocycles. The zero-order valence-corrected chi connectivity index (χ0v) is 9.34. The summed E-state index contributed by atoms with van der Waals surface area (Å²) in [5.74, 6) is -1.27. The zero-order valence-electron chi connectivity index (χ0n) is 9.34. The van der Waals surface area contributed by atoms with Gasteiger partial charge in [0.2, 0.25) is 0 Å². The van der Waals surface area contributed by atoms with E-state index in [0.717, 1.165) is 0 Å². The zero-order chi connectivity index (χ0) is 13.0. The highest BCUT2D eigenvalue weighted by Crippen LogP contribution is 2.25. The minimum atomic E-state index is -1.23. The number of ketones is 1. The molecule has 5 N–H and O–H groups in total. The predicted octanol–water partition coefficient (Wildman–Crippen LogP) is 0.262. The Labute approximate surface area is 98.2 Å². The number of anilines is 1. The molecule has 0 saturated heterocycles. The van der Waals surface area contributed by atoms with Crippen LogP contribution in [-0.2, 0) is 4.79 Å². The van der Waals surface area contributed by atoms with E-state index < -0.39 is 17.8 Å². The minimum Gasteiger partial charge on any atom is -0.495 e. The summed E-state index contributed by atoms with van der Waals surface area (Å²) in [5, 5.41) is 8.61. The highest BCUT2D eigenvalue weighted by atomic mass is 16.5. The molecule has 0 fully saturated rings. The van der Waals surface area contributed by atoms with Crippen LogP contribution in [0.25, 0.3) is 0 Å². The van der Waals surface area contributed by atoms with E-state index in [2.05, 4.69) is 0 Å². The highest BCUT2D eigenvalue weighted by Gasteiger charge is 2.20. The number of nitrogen functional groups attached to an aromatic ring is 1. The van der Waals surface area contributed by atoms with Crippen molar-refractivity contribution in [3.8, 4) is 5.75 Å². The number of ether oxygens (including phenoxy) is 1. The topological polar surface area (TPSA) is 116 Å². The van der Waals surface area contributed by atoms with Crippen molar-refractivity contribution >= 4 is 17.4 Å². The second-order valence-corrected chi connectivity index (χ2v) is 3.49. The molecule has 1 unspecified atom stereocenters. The fraction of sp³-hybridized carbons (Fsp3) is 0.273. The van der Waals surface area contributed by atoms with Gasteiger partial charge < -0.3 is 21.3 Å². The van der Waals surface area contributed by atoms with Gasteiger partial charge in [0, 0.05) is 12.0 Å². The predicted molar refractivity (Wildman–Crippen MR) is 62.0 cm³/mol. The van der Waals surface area contributed by atoms with Gasteiger partial charge in [0.1, 0.15) is 11.8 Å². The van der Waals surface area contributed by atoms with E-state index in [-0.39, 0.29) is 17.7 Å². The summed E-state index contributed by atoms with van der Waals surface area (Å²) < 4.78 is 4.96. The lowest BCUT2D eigenvalue weighted by molar-refractivity contribution is -0.138. The van der Waals surface area contributed by atoms with Crippen LogP contribution in [0.4, 0.5) is 5.69 Å². The van der Waals surface area contributed by atoms with Crippen molar-refractivity contribution in [1.82, 2.24) is 0 Å². The van der Waals surface area contributed by atoms with Gasteiger partial charge in [-0.1, -0.05) is 6.07 Å². The number of rotatable bonds is 5. The monoisotopic (exact) mass is 238 g/mol. The first-order valence-electron chi connectivity index (χ1n) is 4.91. The standard InChI is InChI=1S/C11H14N2O4/c1-17-9-4-2-3-6(10(9)13)8(14)5-7(12)11(15)16/h2-4,7H,5,12-13H2,1H3,(H,15,16).